The Bertz CT molecular complexity index is 352. The molecule has 3 unspecified atom stereocenters. The van der Waals surface area contributed by atoms with Crippen LogP contribution in [0.15, 0.2) is 0 Å². The molecule has 0 bridgehead atoms. The lowest BCUT2D eigenvalue weighted by Crippen LogP contribution is -2.53. The molecule has 1 amide bonds. The van der Waals surface area contributed by atoms with Gasteiger partial charge in [-0.25, -0.2) is 4.79 Å². The SMILES string of the molecule is COC(=O)NC1CC(CC2CC2)CN(C(C)C2CC2)C1. The first kappa shape index (κ1) is 14.2. The summed E-state index contributed by atoms with van der Waals surface area (Å²) in [6.45, 7) is 4.59. The van der Waals surface area contributed by atoms with Gasteiger partial charge in [0, 0.05) is 25.2 Å². The third-order valence-electron chi connectivity index (χ3n) is 5.32. The maximum absolute atomic E-state index is 11.5. The topological polar surface area (TPSA) is 41.6 Å². The van der Waals surface area contributed by atoms with E-state index in [9.17, 15) is 4.79 Å². The van der Waals surface area contributed by atoms with Crippen LogP contribution in [0.1, 0.15) is 45.4 Å². The van der Waals surface area contributed by atoms with Gasteiger partial charge >= 0.3 is 6.09 Å². The summed E-state index contributed by atoms with van der Waals surface area (Å²) < 4.78 is 4.77. The van der Waals surface area contributed by atoms with Crippen molar-refractivity contribution in [3.05, 3.63) is 0 Å². The Morgan fingerprint density at radius 2 is 2.00 bits per heavy atom. The normalized spacial score (nSPS) is 32.7. The number of nitrogens with one attached hydrogen (secondary N) is 1. The zero-order valence-electron chi connectivity index (χ0n) is 12.8. The largest absolute Gasteiger partial charge is 0.453 e. The van der Waals surface area contributed by atoms with Crippen molar-refractivity contribution in [3.8, 4) is 0 Å². The number of alkyl carbamates (subject to hydrolysis) is 1. The van der Waals surface area contributed by atoms with Gasteiger partial charge in [0.15, 0.2) is 0 Å². The van der Waals surface area contributed by atoms with Crippen molar-refractivity contribution in [1.82, 2.24) is 10.2 Å². The number of methoxy groups -OCH3 is 1. The predicted octanol–water partition coefficient (Wildman–Crippen LogP) is 2.63. The molecule has 0 radical (unpaired) electrons. The van der Waals surface area contributed by atoms with Crippen LogP contribution in [0.3, 0.4) is 0 Å². The van der Waals surface area contributed by atoms with Gasteiger partial charge in [0.25, 0.3) is 0 Å². The van der Waals surface area contributed by atoms with Gasteiger partial charge in [-0.1, -0.05) is 12.8 Å². The van der Waals surface area contributed by atoms with E-state index >= 15 is 0 Å². The lowest BCUT2D eigenvalue weighted by Gasteiger charge is -2.41. The summed E-state index contributed by atoms with van der Waals surface area (Å²) in [5.74, 6) is 2.61. The number of amides is 1. The molecule has 1 saturated heterocycles. The molecule has 3 atom stereocenters. The monoisotopic (exact) mass is 280 g/mol. The van der Waals surface area contributed by atoms with Gasteiger partial charge < -0.3 is 10.1 Å². The minimum absolute atomic E-state index is 0.265. The Morgan fingerprint density at radius 1 is 1.25 bits per heavy atom. The van der Waals surface area contributed by atoms with Crippen molar-refractivity contribution < 1.29 is 9.53 Å². The number of ether oxygens (including phenoxy) is 1. The van der Waals surface area contributed by atoms with Gasteiger partial charge in [0.2, 0.25) is 0 Å². The molecular weight excluding hydrogens is 252 g/mol. The Morgan fingerprint density at radius 3 is 2.60 bits per heavy atom. The van der Waals surface area contributed by atoms with Crippen LogP contribution in [0, 0.1) is 17.8 Å². The van der Waals surface area contributed by atoms with Gasteiger partial charge in [0.1, 0.15) is 0 Å². The Labute approximate surface area is 122 Å². The van der Waals surface area contributed by atoms with Gasteiger partial charge in [-0.2, -0.15) is 0 Å². The molecule has 2 saturated carbocycles. The summed E-state index contributed by atoms with van der Waals surface area (Å²) in [6, 6.07) is 0.945. The van der Waals surface area contributed by atoms with Gasteiger partial charge in [-0.05, 0) is 50.4 Å². The van der Waals surface area contributed by atoms with Gasteiger partial charge in [0.05, 0.1) is 7.11 Å². The average Bonchev–Trinajstić information content (AvgIpc) is 3.30. The summed E-state index contributed by atoms with van der Waals surface area (Å²) in [6.07, 6.45) is 7.82. The van der Waals surface area contributed by atoms with Gasteiger partial charge in [-0.15, -0.1) is 0 Å². The zero-order chi connectivity index (χ0) is 14.1. The van der Waals surface area contributed by atoms with Crippen molar-refractivity contribution in [2.45, 2.75) is 57.5 Å². The van der Waals surface area contributed by atoms with Crippen molar-refractivity contribution >= 4 is 6.09 Å². The summed E-state index contributed by atoms with van der Waals surface area (Å²) in [5, 5.41) is 3.03. The fraction of sp³-hybridized carbons (Fsp3) is 0.938. The van der Waals surface area contributed by atoms with Crippen LogP contribution in [0.2, 0.25) is 0 Å². The van der Waals surface area contributed by atoms with Crippen LogP contribution < -0.4 is 5.32 Å². The first-order valence-corrected chi connectivity index (χ1v) is 8.24. The first-order chi connectivity index (χ1) is 9.65. The Kier molecular flexibility index (Phi) is 4.20. The van der Waals surface area contributed by atoms with Crippen molar-refractivity contribution in [2.24, 2.45) is 17.8 Å². The fourth-order valence-electron chi connectivity index (χ4n) is 3.78. The lowest BCUT2D eigenvalue weighted by atomic mass is 9.88. The molecule has 3 aliphatic rings. The molecule has 2 aliphatic carbocycles. The molecular formula is C16H28N2O2. The molecule has 4 heteroatoms. The molecule has 0 spiro atoms. The quantitative estimate of drug-likeness (QED) is 0.841. The molecule has 3 fully saturated rings. The van der Waals surface area contributed by atoms with E-state index in [1.165, 1.54) is 45.8 Å². The number of piperidine rings is 1. The second-order valence-electron chi connectivity index (χ2n) is 7.15. The van der Waals surface area contributed by atoms with Gasteiger partial charge in [-0.3, -0.25) is 4.90 Å². The molecule has 0 aromatic carbocycles. The highest BCUT2D eigenvalue weighted by Gasteiger charge is 2.38. The van der Waals surface area contributed by atoms with E-state index in [0.717, 1.165) is 30.7 Å². The second-order valence-corrected chi connectivity index (χ2v) is 7.15. The number of hydrogen-bond acceptors (Lipinski definition) is 3. The molecule has 20 heavy (non-hydrogen) atoms. The Hall–Kier alpha value is -0.770. The van der Waals surface area contributed by atoms with E-state index in [-0.39, 0.29) is 12.1 Å². The molecule has 0 aromatic rings. The smallest absolute Gasteiger partial charge is 0.407 e. The summed E-state index contributed by atoms with van der Waals surface area (Å²) in [5.41, 5.74) is 0. The first-order valence-electron chi connectivity index (χ1n) is 8.24. The summed E-state index contributed by atoms with van der Waals surface area (Å²) >= 11 is 0. The predicted molar refractivity (Wildman–Crippen MR) is 78.5 cm³/mol. The molecule has 1 aliphatic heterocycles. The van der Waals surface area contributed by atoms with E-state index < -0.39 is 0 Å². The second kappa shape index (κ2) is 5.92. The maximum Gasteiger partial charge on any atom is 0.407 e. The van der Waals surface area contributed by atoms with Crippen LogP contribution in [-0.2, 0) is 4.74 Å². The standard InChI is InChI=1S/C16H28N2O2/c1-11(14-5-6-14)18-9-13(7-12-3-4-12)8-15(10-18)17-16(19)20-2/h11-15H,3-10H2,1-2H3,(H,17,19). The van der Waals surface area contributed by atoms with E-state index in [1.807, 2.05) is 0 Å². The fourth-order valence-corrected chi connectivity index (χ4v) is 3.78. The number of rotatable bonds is 5. The number of likely N-dealkylation sites (tertiary alicyclic amines) is 1. The third kappa shape index (κ3) is 3.66. The van der Waals surface area contributed by atoms with Crippen LogP contribution >= 0.6 is 0 Å². The van der Waals surface area contributed by atoms with Crippen LogP contribution in [0.25, 0.3) is 0 Å². The van der Waals surface area contributed by atoms with E-state index in [4.69, 9.17) is 4.74 Å². The van der Waals surface area contributed by atoms with Crippen molar-refractivity contribution in [2.75, 3.05) is 20.2 Å². The third-order valence-corrected chi connectivity index (χ3v) is 5.32. The van der Waals surface area contributed by atoms with Crippen LogP contribution in [-0.4, -0.2) is 43.3 Å². The number of nitrogens with zero attached hydrogens (tertiary/aromatic N) is 1. The Balaban J connectivity index is 1.59. The zero-order valence-corrected chi connectivity index (χ0v) is 12.8. The van der Waals surface area contributed by atoms with Crippen molar-refractivity contribution in [1.29, 1.82) is 0 Å². The molecule has 1 heterocycles. The minimum Gasteiger partial charge on any atom is -0.453 e. The van der Waals surface area contributed by atoms with E-state index in [1.54, 1.807) is 0 Å². The average molecular weight is 280 g/mol. The summed E-state index contributed by atoms with van der Waals surface area (Å²) in [7, 11) is 1.45. The molecule has 0 aromatic heterocycles. The molecule has 1 N–H and O–H groups in total. The van der Waals surface area contributed by atoms with Crippen LogP contribution in [0.4, 0.5) is 4.79 Å². The highest BCUT2D eigenvalue weighted by Crippen LogP contribution is 2.40. The molecule has 4 nitrogen and oxygen atoms in total. The van der Waals surface area contributed by atoms with Crippen LogP contribution in [0.5, 0.6) is 0 Å². The van der Waals surface area contributed by atoms with Crippen molar-refractivity contribution in [3.63, 3.8) is 0 Å². The molecule has 114 valence electrons. The number of hydrogen-bond donors (Lipinski definition) is 1. The maximum atomic E-state index is 11.5. The lowest BCUT2D eigenvalue weighted by molar-refractivity contribution is 0.0846. The number of carbonyl (C=O) groups is 1. The molecule has 3 rings (SSSR count). The van der Waals surface area contributed by atoms with E-state index in [2.05, 4.69) is 17.1 Å². The highest BCUT2D eigenvalue weighted by molar-refractivity contribution is 5.67. The highest BCUT2D eigenvalue weighted by atomic mass is 16.5. The minimum atomic E-state index is -0.277. The summed E-state index contributed by atoms with van der Waals surface area (Å²) in [4.78, 5) is 14.1. The van der Waals surface area contributed by atoms with E-state index in [0.29, 0.717) is 6.04 Å². The number of carbonyl (C=O) groups excluding carboxylic acids is 1.